The van der Waals surface area contributed by atoms with E-state index in [1.54, 1.807) is 12.4 Å². The molecule has 7 heteroatoms. The molecule has 1 amide bonds. The van der Waals surface area contributed by atoms with Crippen LogP contribution >= 0.6 is 0 Å². The van der Waals surface area contributed by atoms with E-state index in [0.717, 1.165) is 36.3 Å². The van der Waals surface area contributed by atoms with E-state index in [1.807, 2.05) is 49.7 Å². The van der Waals surface area contributed by atoms with Gasteiger partial charge in [0.25, 0.3) is 5.91 Å². The minimum absolute atomic E-state index is 0.0107. The van der Waals surface area contributed by atoms with Crippen LogP contribution in [0, 0.1) is 0 Å². The van der Waals surface area contributed by atoms with Crippen molar-refractivity contribution in [1.82, 2.24) is 24.6 Å². The van der Waals surface area contributed by atoms with Crippen molar-refractivity contribution in [3.05, 3.63) is 47.0 Å². The molecule has 28 heavy (non-hydrogen) atoms. The summed E-state index contributed by atoms with van der Waals surface area (Å²) in [5.74, 6) is -0.0107. The van der Waals surface area contributed by atoms with Gasteiger partial charge in [-0.15, -0.1) is 0 Å². The lowest BCUT2D eigenvalue weighted by molar-refractivity contribution is -0.00952. The molecule has 0 bridgehead atoms. The first kappa shape index (κ1) is 20.5. The number of hydrogen-bond donors (Lipinski definition) is 0. The number of rotatable bonds is 7. The fourth-order valence-corrected chi connectivity index (χ4v) is 3.76. The summed E-state index contributed by atoms with van der Waals surface area (Å²) in [6, 6.07) is 3.90. The molecule has 3 rings (SSSR count). The van der Waals surface area contributed by atoms with Crippen molar-refractivity contribution in [3.8, 4) is 0 Å². The Morgan fingerprint density at radius 2 is 1.96 bits per heavy atom. The second-order valence-corrected chi connectivity index (χ2v) is 7.71. The van der Waals surface area contributed by atoms with Crippen LogP contribution in [0.5, 0.6) is 0 Å². The second-order valence-electron chi connectivity index (χ2n) is 7.71. The first-order valence-corrected chi connectivity index (χ1v) is 9.98. The van der Waals surface area contributed by atoms with Gasteiger partial charge in [0, 0.05) is 50.6 Å². The number of fused-ring (bicyclic) bond motifs is 1. The maximum Gasteiger partial charge on any atom is 0.274 e. The molecule has 152 valence electrons. The largest absolute Gasteiger partial charge is 0.369 e. The molecule has 1 aliphatic heterocycles. The van der Waals surface area contributed by atoms with Crippen molar-refractivity contribution in [2.24, 2.45) is 0 Å². The molecule has 2 atom stereocenters. The summed E-state index contributed by atoms with van der Waals surface area (Å²) in [4.78, 5) is 21.6. The topological polar surface area (TPSA) is 63.5 Å². The van der Waals surface area contributed by atoms with Crippen LogP contribution in [0.15, 0.2) is 24.5 Å². The number of pyridine rings is 1. The lowest BCUT2D eigenvalue weighted by Gasteiger charge is -2.28. The van der Waals surface area contributed by atoms with Crippen molar-refractivity contribution in [1.29, 1.82) is 0 Å². The highest BCUT2D eigenvalue weighted by Gasteiger charge is 2.33. The molecular weight excluding hydrogens is 354 g/mol. The van der Waals surface area contributed by atoms with E-state index < -0.39 is 0 Å². The van der Waals surface area contributed by atoms with Gasteiger partial charge in [-0.2, -0.15) is 5.10 Å². The molecule has 1 aliphatic rings. The minimum atomic E-state index is -0.0526. The fourth-order valence-electron chi connectivity index (χ4n) is 3.76. The molecule has 0 radical (unpaired) electrons. The zero-order valence-electron chi connectivity index (χ0n) is 17.6. The average Bonchev–Trinajstić information content (AvgIpc) is 3.04. The van der Waals surface area contributed by atoms with E-state index in [2.05, 4.69) is 16.8 Å². The second kappa shape index (κ2) is 8.84. The third-order valence-corrected chi connectivity index (χ3v) is 5.14. The molecule has 0 unspecified atom stereocenters. The first-order valence-electron chi connectivity index (χ1n) is 9.98. The van der Waals surface area contributed by atoms with Crippen molar-refractivity contribution >= 4 is 5.91 Å². The van der Waals surface area contributed by atoms with Gasteiger partial charge in [-0.05, 0) is 52.6 Å². The highest BCUT2D eigenvalue weighted by molar-refractivity contribution is 5.94. The zero-order valence-corrected chi connectivity index (χ0v) is 17.6. The maximum atomic E-state index is 13.6. The Hall–Kier alpha value is -2.25. The standard InChI is InChI=1S/C21H31N5O2/c1-6-26-20-16(3)28-15(2)13-18(20)19(23-26)21(27)25(12-11-24(4)5)14-17-7-9-22-10-8-17/h7-10,15-16H,6,11-14H2,1-5H3/t15-,16+/m1/s1. The summed E-state index contributed by atoms with van der Waals surface area (Å²) in [5.41, 5.74) is 3.73. The number of hydrogen-bond acceptors (Lipinski definition) is 5. The lowest BCUT2D eigenvalue weighted by Crippen LogP contribution is -2.37. The molecule has 0 aliphatic carbocycles. The van der Waals surface area contributed by atoms with Gasteiger partial charge < -0.3 is 14.5 Å². The van der Waals surface area contributed by atoms with Crippen LogP contribution in [0.4, 0.5) is 0 Å². The summed E-state index contributed by atoms with van der Waals surface area (Å²) in [5, 5.41) is 4.70. The highest BCUT2D eigenvalue weighted by Crippen LogP contribution is 2.32. The Labute approximate surface area is 167 Å². The Bertz CT molecular complexity index is 803. The number of likely N-dealkylation sites (N-methyl/N-ethyl adjacent to an activating group) is 1. The summed E-state index contributed by atoms with van der Waals surface area (Å²) in [6.45, 7) is 8.85. The Morgan fingerprint density at radius 3 is 2.61 bits per heavy atom. The average molecular weight is 386 g/mol. The molecule has 2 aromatic rings. The van der Waals surface area contributed by atoms with Gasteiger partial charge in [-0.1, -0.05) is 0 Å². The van der Waals surface area contributed by atoms with Gasteiger partial charge in [-0.25, -0.2) is 0 Å². The fraction of sp³-hybridized carbons (Fsp3) is 0.571. The molecule has 0 saturated heterocycles. The molecule has 2 aromatic heterocycles. The Morgan fingerprint density at radius 1 is 1.25 bits per heavy atom. The van der Waals surface area contributed by atoms with Gasteiger partial charge in [0.05, 0.1) is 17.9 Å². The molecule has 3 heterocycles. The van der Waals surface area contributed by atoms with Crippen LogP contribution in [0.3, 0.4) is 0 Å². The Balaban J connectivity index is 1.94. The third kappa shape index (κ3) is 4.42. The van der Waals surface area contributed by atoms with Gasteiger partial charge in [0.15, 0.2) is 5.69 Å². The van der Waals surface area contributed by atoms with Crippen LogP contribution in [-0.4, -0.2) is 63.8 Å². The number of aromatic nitrogens is 3. The van der Waals surface area contributed by atoms with Crippen LogP contribution < -0.4 is 0 Å². The van der Waals surface area contributed by atoms with Gasteiger partial charge >= 0.3 is 0 Å². The Kier molecular flexibility index (Phi) is 6.46. The van der Waals surface area contributed by atoms with E-state index in [9.17, 15) is 4.79 Å². The smallest absolute Gasteiger partial charge is 0.274 e. The van der Waals surface area contributed by atoms with Crippen LogP contribution in [0.1, 0.15) is 54.2 Å². The quantitative estimate of drug-likeness (QED) is 0.733. The van der Waals surface area contributed by atoms with Crippen molar-refractivity contribution in [3.63, 3.8) is 0 Å². The first-order chi connectivity index (χ1) is 13.4. The van der Waals surface area contributed by atoms with E-state index in [1.165, 1.54) is 0 Å². The predicted octanol–water partition coefficient (Wildman–Crippen LogP) is 2.52. The van der Waals surface area contributed by atoms with Crippen LogP contribution in [0.25, 0.3) is 0 Å². The van der Waals surface area contributed by atoms with Crippen molar-refractivity contribution in [2.45, 2.75) is 52.5 Å². The van der Waals surface area contributed by atoms with Crippen molar-refractivity contribution < 1.29 is 9.53 Å². The lowest BCUT2D eigenvalue weighted by atomic mass is 9.99. The molecule has 0 aromatic carbocycles. The van der Waals surface area contributed by atoms with Crippen LogP contribution in [-0.2, 0) is 24.2 Å². The zero-order chi connectivity index (χ0) is 20.3. The molecule has 0 spiro atoms. The molecular formula is C21H31N5O2. The highest BCUT2D eigenvalue weighted by atomic mass is 16.5. The molecule has 7 nitrogen and oxygen atoms in total. The monoisotopic (exact) mass is 385 g/mol. The van der Waals surface area contributed by atoms with Crippen LogP contribution in [0.2, 0.25) is 0 Å². The summed E-state index contributed by atoms with van der Waals surface area (Å²) in [6.07, 6.45) is 4.27. The van der Waals surface area contributed by atoms with E-state index >= 15 is 0 Å². The van der Waals surface area contributed by atoms with Gasteiger partial charge in [0.1, 0.15) is 0 Å². The normalized spacial score (nSPS) is 18.9. The maximum absolute atomic E-state index is 13.6. The number of ether oxygens (including phenoxy) is 1. The SMILES string of the molecule is CCn1nc(C(=O)N(CCN(C)C)Cc2ccncc2)c2c1[C@H](C)O[C@H](C)C2. The van der Waals surface area contributed by atoms with Gasteiger partial charge in [0.2, 0.25) is 0 Å². The van der Waals surface area contributed by atoms with E-state index in [-0.39, 0.29) is 18.1 Å². The minimum Gasteiger partial charge on any atom is -0.369 e. The van der Waals surface area contributed by atoms with Gasteiger partial charge in [-0.3, -0.25) is 14.5 Å². The molecule has 0 fully saturated rings. The van der Waals surface area contributed by atoms with Crippen molar-refractivity contribution in [2.75, 3.05) is 27.2 Å². The number of carbonyl (C=O) groups is 1. The summed E-state index contributed by atoms with van der Waals surface area (Å²) < 4.78 is 7.91. The number of amides is 1. The predicted molar refractivity (Wildman–Crippen MR) is 108 cm³/mol. The number of aryl methyl sites for hydroxylation is 1. The molecule has 0 N–H and O–H groups in total. The number of nitrogens with zero attached hydrogens (tertiary/aromatic N) is 5. The summed E-state index contributed by atoms with van der Waals surface area (Å²) >= 11 is 0. The molecule has 0 saturated carbocycles. The van der Waals surface area contributed by atoms with E-state index in [4.69, 9.17) is 9.84 Å². The third-order valence-electron chi connectivity index (χ3n) is 5.14. The summed E-state index contributed by atoms with van der Waals surface area (Å²) in [7, 11) is 4.03. The van der Waals surface area contributed by atoms with E-state index in [0.29, 0.717) is 18.8 Å². The number of carbonyl (C=O) groups excluding carboxylic acids is 1.